The number of hydrogen-bond donors (Lipinski definition) is 1. The van der Waals surface area contributed by atoms with Gasteiger partial charge in [0, 0.05) is 43.2 Å². The topological polar surface area (TPSA) is 79.1 Å². The van der Waals surface area contributed by atoms with E-state index in [0.29, 0.717) is 22.9 Å². The molecule has 0 fully saturated rings. The Labute approximate surface area is 157 Å². The third-order valence-electron chi connectivity index (χ3n) is 3.94. The van der Waals surface area contributed by atoms with Gasteiger partial charge in [0.15, 0.2) is 0 Å². The Hall–Kier alpha value is -2.71. The zero-order chi connectivity index (χ0) is 18.1. The van der Waals surface area contributed by atoms with Crippen molar-refractivity contribution in [2.75, 3.05) is 11.9 Å². The van der Waals surface area contributed by atoms with Crippen molar-refractivity contribution in [1.29, 1.82) is 0 Å². The number of carbonyl (C=O) groups is 2. The Morgan fingerprint density at radius 2 is 2.15 bits per heavy atom. The summed E-state index contributed by atoms with van der Waals surface area (Å²) in [5.41, 5.74) is 2.12. The molecule has 2 amide bonds. The van der Waals surface area contributed by atoms with Crippen LogP contribution < -0.4 is 5.32 Å². The molecular formula is C17H14ClN5O2S. The lowest BCUT2D eigenvalue weighted by Gasteiger charge is -2.22. The summed E-state index contributed by atoms with van der Waals surface area (Å²) in [5.74, 6) is -0.487. The van der Waals surface area contributed by atoms with Gasteiger partial charge in [0.2, 0.25) is 11.8 Å². The van der Waals surface area contributed by atoms with Gasteiger partial charge < -0.3 is 9.72 Å². The van der Waals surface area contributed by atoms with Gasteiger partial charge in [-0.25, -0.2) is 9.99 Å². The molecule has 1 aliphatic heterocycles. The number of hydrazone groups is 1. The van der Waals surface area contributed by atoms with E-state index in [4.69, 9.17) is 11.6 Å². The van der Waals surface area contributed by atoms with Gasteiger partial charge in [0.05, 0.1) is 14.9 Å². The van der Waals surface area contributed by atoms with Crippen LogP contribution in [0.5, 0.6) is 0 Å². The molecule has 132 valence electrons. The fraction of sp³-hybridized carbons (Fsp3) is 0.176. The number of aromatic nitrogens is 2. The average Bonchev–Trinajstić information content (AvgIpc) is 3.25. The van der Waals surface area contributed by atoms with Crippen LogP contribution in [-0.4, -0.2) is 38.5 Å². The lowest BCUT2D eigenvalue weighted by atomic mass is 10.1. The summed E-state index contributed by atoms with van der Waals surface area (Å²) in [7, 11) is 0. The molecule has 4 heterocycles. The van der Waals surface area contributed by atoms with E-state index in [1.165, 1.54) is 16.3 Å². The number of pyridine rings is 1. The minimum Gasteiger partial charge on any atom is -0.324 e. The zero-order valence-electron chi connectivity index (χ0n) is 13.6. The Morgan fingerprint density at radius 3 is 2.96 bits per heavy atom. The Balaban J connectivity index is 1.47. The standard InChI is InChI=1S/C17H14ClN5O2S/c18-14-3-2-13(26-14)12-1-4-17(25)23(21-12)10-16(24)20-11-5-7-22-8-6-19-15(22)9-11/h2-3,5-9H,1,4,10H2,(H,20,24). The molecule has 0 saturated heterocycles. The first-order chi connectivity index (χ1) is 12.6. The molecule has 1 N–H and O–H groups in total. The highest BCUT2D eigenvalue weighted by atomic mass is 35.5. The molecule has 26 heavy (non-hydrogen) atoms. The van der Waals surface area contributed by atoms with Crippen LogP contribution in [0.15, 0.2) is 48.0 Å². The first kappa shape index (κ1) is 16.7. The average molecular weight is 388 g/mol. The van der Waals surface area contributed by atoms with E-state index in [1.54, 1.807) is 30.6 Å². The third kappa shape index (κ3) is 3.47. The number of anilines is 1. The number of amides is 2. The molecule has 0 aromatic carbocycles. The van der Waals surface area contributed by atoms with Gasteiger partial charge in [-0.05, 0) is 18.2 Å². The maximum absolute atomic E-state index is 12.3. The first-order valence-electron chi connectivity index (χ1n) is 7.94. The molecule has 4 rings (SSSR count). The Morgan fingerprint density at radius 1 is 1.27 bits per heavy atom. The molecule has 7 nitrogen and oxygen atoms in total. The SMILES string of the molecule is O=C(CN1N=C(c2ccc(Cl)s2)CCC1=O)Nc1ccn2ccnc2c1. The van der Waals surface area contributed by atoms with Crippen LogP contribution in [0.2, 0.25) is 4.34 Å². The molecule has 3 aromatic heterocycles. The van der Waals surface area contributed by atoms with Crippen LogP contribution in [0.1, 0.15) is 17.7 Å². The summed E-state index contributed by atoms with van der Waals surface area (Å²) in [6, 6.07) is 7.20. The molecule has 3 aromatic rings. The maximum Gasteiger partial charge on any atom is 0.246 e. The van der Waals surface area contributed by atoms with E-state index < -0.39 is 0 Å². The largest absolute Gasteiger partial charge is 0.324 e. The highest BCUT2D eigenvalue weighted by molar-refractivity contribution is 7.18. The lowest BCUT2D eigenvalue weighted by Crippen LogP contribution is -2.37. The number of nitrogens with one attached hydrogen (secondary N) is 1. The van der Waals surface area contributed by atoms with Crippen LogP contribution in [0.3, 0.4) is 0 Å². The summed E-state index contributed by atoms with van der Waals surface area (Å²) < 4.78 is 2.50. The van der Waals surface area contributed by atoms with Gasteiger partial charge in [-0.3, -0.25) is 9.59 Å². The van der Waals surface area contributed by atoms with Gasteiger partial charge in [0.25, 0.3) is 0 Å². The summed E-state index contributed by atoms with van der Waals surface area (Å²) in [5, 5.41) is 8.34. The highest BCUT2D eigenvalue weighted by Crippen LogP contribution is 2.25. The number of thiophene rings is 1. The van der Waals surface area contributed by atoms with Crippen LogP contribution >= 0.6 is 22.9 Å². The summed E-state index contributed by atoms with van der Waals surface area (Å²) in [4.78, 5) is 29.5. The second-order valence-electron chi connectivity index (χ2n) is 5.76. The van der Waals surface area contributed by atoms with Crippen LogP contribution in [0.25, 0.3) is 5.65 Å². The fourth-order valence-electron chi connectivity index (χ4n) is 2.70. The predicted octanol–water partition coefficient (Wildman–Crippen LogP) is 3.01. The first-order valence-corrected chi connectivity index (χ1v) is 9.14. The molecule has 0 atom stereocenters. The lowest BCUT2D eigenvalue weighted by molar-refractivity contribution is -0.135. The van der Waals surface area contributed by atoms with Crippen LogP contribution in [0, 0.1) is 0 Å². The molecule has 9 heteroatoms. The minimum absolute atomic E-state index is 0.138. The monoisotopic (exact) mass is 387 g/mol. The molecule has 0 saturated carbocycles. The molecule has 0 spiro atoms. The van der Waals surface area contributed by atoms with Gasteiger partial charge in [-0.15, -0.1) is 11.3 Å². The van der Waals surface area contributed by atoms with Crippen molar-refractivity contribution < 1.29 is 9.59 Å². The maximum atomic E-state index is 12.3. The number of fused-ring (bicyclic) bond motifs is 1. The van der Waals surface area contributed by atoms with Crippen molar-refractivity contribution in [2.45, 2.75) is 12.8 Å². The fourth-order valence-corrected chi connectivity index (χ4v) is 3.75. The normalized spacial score (nSPS) is 14.6. The van der Waals surface area contributed by atoms with E-state index in [1.807, 2.05) is 16.7 Å². The van der Waals surface area contributed by atoms with E-state index in [9.17, 15) is 9.59 Å². The highest BCUT2D eigenvalue weighted by Gasteiger charge is 2.24. The van der Waals surface area contributed by atoms with Crippen molar-refractivity contribution in [1.82, 2.24) is 14.4 Å². The number of rotatable bonds is 4. The smallest absolute Gasteiger partial charge is 0.246 e. The van der Waals surface area contributed by atoms with Crippen molar-refractivity contribution in [3.8, 4) is 0 Å². The van der Waals surface area contributed by atoms with Crippen LogP contribution in [0.4, 0.5) is 5.69 Å². The summed E-state index contributed by atoms with van der Waals surface area (Å²) in [6.07, 6.45) is 6.17. The number of carbonyl (C=O) groups excluding carboxylic acids is 2. The van der Waals surface area contributed by atoms with Crippen molar-refractivity contribution in [3.63, 3.8) is 0 Å². The van der Waals surface area contributed by atoms with Crippen LogP contribution in [-0.2, 0) is 9.59 Å². The van der Waals surface area contributed by atoms with Crippen molar-refractivity contribution in [2.24, 2.45) is 5.10 Å². The molecule has 0 bridgehead atoms. The van der Waals surface area contributed by atoms with E-state index in [-0.39, 0.29) is 18.4 Å². The molecule has 0 radical (unpaired) electrons. The third-order valence-corrected chi connectivity index (χ3v) is 5.22. The Bertz CT molecular complexity index is 1030. The Kier molecular flexibility index (Phi) is 4.44. The van der Waals surface area contributed by atoms with Crippen molar-refractivity contribution >= 4 is 51.8 Å². The molecule has 0 aliphatic carbocycles. The van der Waals surface area contributed by atoms with Gasteiger partial charge in [-0.2, -0.15) is 5.10 Å². The number of nitrogens with zero attached hydrogens (tertiary/aromatic N) is 4. The molecule has 0 unspecified atom stereocenters. The zero-order valence-corrected chi connectivity index (χ0v) is 15.1. The van der Waals surface area contributed by atoms with Gasteiger partial charge in [-0.1, -0.05) is 11.6 Å². The van der Waals surface area contributed by atoms with E-state index >= 15 is 0 Å². The van der Waals surface area contributed by atoms with Gasteiger partial charge >= 0.3 is 0 Å². The molecular weight excluding hydrogens is 374 g/mol. The molecule has 1 aliphatic rings. The quantitative estimate of drug-likeness (QED) is 0.747. The van der Waals surface area contributed by atoms with Gasteiger partial charge in [0.1, 0.15) is 12.2 Å². The summed E-state index contributed by atoms with van der Waals surface area (Å²) in [6.45, 7) is -0.138. The van der Waals surface area contributed by atoms with E-state index in [2.05, 4.69) is 15.4 Å². The number of halogens is 1. The van der Waals surface area contributed by atoms with E-state index in [0.717, 1.165) is 16.2 Å². The summed E-state index contributed by atoms with van der Waals surface area (Å²) >= 11 is 7.37. The second kappa shape index (κ2) is 6.89. The number of imidazole rings is 1. The van der Waals surface area contributed by atoms with Crippen molar-refractivity contribution in [3.05, 3.63) is 52.1 Å². The predicted molar refractivity (Wildman–Crippen MR) is 101 cm³/mol. The second-order valence-corrected chi connectivity index (χ2v) is 7.47. The minimum atomic E-state index is -0.316. The number of hydrogen-bond acceptors (Lipinski definition) is 5.